The lowest BCUT2D eigenvalue weighted by atomic mass is 9.88. The van der Waals surface area contributed by atoms with Crippen LogP contribution in [0.3, 0.4) is 0 Å². The summed E-state index contributed by atoms with van der Waals surface area (Å²) in [6, 6.07) is 8.82. The Labute approximate surface area is 201 Å². The van der Waals surface area contributed by atoms with E-state index in [9.17, 15) is 14.4 Å². The molecular weight excluding hydrogens is 428 g/mol. The predicted molar refractivity (Wildman–Crippen MR) is 132 cm³/mol. The van der Waals surface area contributed by atoms with Gasteiger partial charge in [-0.3, -0.25) is 19.4 Å². The van der Waals surface area contributed by atoms with E-state index in [4.69, 9.17) is 0 Å². The summed E-state index contributed by atoms with van der Waals surface area (Å²) in [5.41, 5.74) is 2.35. The number of hydrogen-bond donors (Lipinski definition) is 3. The molecule has 7 heteroatoms. The van der Waals surface area contributed by atoms with Crippen LogP contribution < -0.4 is 16.0 Å². The Balaban J connectivity index is 1.50. The van der Waals surface area contributed by atoms with Gasteiger partial charge in [0.05, 0.1) is 0 Å². The van der Waals surface area contributed by atoms with E-state index in [2.05, 4.69) is 20.9 Å². The number of carbonyl (C=O) groups is 3. The normalized spacial score (nSPS) is 17.1. The molecule has 2 fully saturated rings. The molecule has 34 heavy (non-hydrogen) atoms. The van der Waals surface area contributed by atoms with Gasteiger partial charge in [-0.2, -0.15) is 0 Å². The fourth-order valence-corrected chi connectivity index (χ4v) is 4.91. The van der Waals surface area contributed by atoms with Crippen LogP contribution in [0.2, 0.25) is 0 Å². The average molecular weight is 463 g/mol. The number of nitrogens with one attached hydrogen (secondary N) is 3. The Bertz CT molecular complexity index is 946. The van der Waals surface area contributed by atoms with Crippen molar-refractivity contribution in [3.8, 4) is 0 Å². The van der Waals surface area contributed by atoms with Gasteiger partial charge in [0.25, 0.3) is 5.91 Å². The monoisotopic (exact) mass is 462 g/mol. The predicted octanol–water partition coefficient (Wildman–Crippen LogP) is 5.05. The Morgan fingerprint density at radius 3 is 1.85 bits per heavy atom. The summed E-state index contributed by atoms with van der Waals surface area (Å²) in [6.07, 6.45) is 13.6. The molecule has 0 bridgehead atoms. The molecule has 0 radical (unpaired) electrons. The van der Waals surface area contributed by atoms with Crippen LogP contribution in [0.15, 0.2) is 42.7 Å². The largest absolute Gasteiger partial charge is 0.348 e. The maximum absolute atomic E-state index is 12.9. The Morgan fingerprint density at radius 2 is 1.35 bits per heavy atom. The van der Waals surface area contributed by atoms with Crippen LogP contribution in [0.1, 0.15) is 80.1 Å². The minimum Gasteiger partial charge on any atom is -0.348 e. The van der Waals surface area contributed by atoms with Crippen LogP contribution in [0.5, 0.6) is 0 Å². The first-order chi connectivity index (χ1) is 16.6. The molecule has 2 aliphatic carbocycles. The van der Waals surface area contributed by atoms with Gasteiger partial charge in [-0.1, -0.05) is 44.6 Å². The van der Waals surface area contributed by atoms with E-state index in [0.717, 1.165) is 56.9 Å². The molecule has 0 spiro atoms. The summed E-state index contributed by atoms with van der Waals surface area (Å²) < 4.78 is 0. The van der Waals surface area contributed by atoms with Crippen molar-refractivity contribution in [1.29, 1.82) is 0 Å². The zero-order valence-electron chi connectivity index (χ0n) is 19.6. The highest BCUT2D eigenvalue weighted by Crippen LogP contribution is 2.28. The molecule has 1 aromatic carbocycles. The molecule has 4 rings (SSSR count). The van der Waals surface area contributed by atoms with E-state index < -0.39 is 0 Å². The summed E-state index contributed by atoms with van der Waals surface area (Å²) in [5.74, 6) is -0.311. The summed E-state index contributed by atoms with van der Waals surface area (Å²) in [4.78, 5) is 42.7. The topological polar surface area (TPSA) is 100 Å². The molecule has 0 aliphatic heterocycles. The van der Waals surface area contributed by atoms with E-state index in [1.165, 1.54) is 12.8 Å². The molecule has 0 unspecified atom stereocenters. The minimum atomic E-state index is -0.272. The zero-order chi connectivity index (χ0) is 23.8. The summed E-state index contributed by atoms with van der Waals surface area (Å²) in [6.45, 7) is 0.342. The van der Waals surface area contributed by atoms with Crippen molar-refractivity contribution in [3.05, 3.63) is 53.9 Å². The highest BCUT2D eigenvalue weighted by atomic mass is 16.2. The SMILES string of the molecule is O=C(NCc1cccnc1)c1cc(NC(=O)C2CCCCC2)cc(NC(=O)C2CCCCC2)c1. The van der Waals surface area contributed by atoms with Gasteiger partial charge in [0.1, 0.15) is 0 Å². The molecule has 0 atom stereocenters. The van der Waals surface area contributed by atoms with Crippen molar-refractivity contribution in [3.63, 3.8) is 0 Å². The molecule has 2 saturated carbocycles. The van der Waals surface area contributed by atoms with E-state index in [1.807, 2.05) is 12.1 Å². The van der Waals surface area contributed by atoms with E-state index in [-0.39, 0.29) is 29.6 Å². The first-order valence-electron chi connectivity index (χ1n) is 12.5. The number of rotatable bonds is 7. The second-order valence-corrected chi connectivity index (χ2v) is 9.49. The Kier molecular flexibility index (Phi) is 8.28. The molecular formula is C27H34N4O3. The Morgan fingerprint density at radius 1 is 0.794 bits per heavy atom. The highest BCUT2D eigenvalue weighted by molar-refractivity contribution is 6.01. The van der Waals surface area contributed by atoms with Crippen molar-refractivity contribution in [1.82, 2.24) is 10.3 Å². The average Bonchev–Trinajstić information content (AvgIpc) is 2.88. The van der Waals surface area contributed by atoms with Crippen LogP contribution in [-0.2, 0) is 16.1 Å². The van der Waals surface area contributed by atoms with Crippen LogP contribution >= 0.6 is 0 Å². The molecule has 3 N–H and O–H groups in total. The van der Waals surface area contributed by atoms with Crippen LogP contribution in [0, 0.1) is 11.8 Å². The van der Waals surface area contributed by atoms with Crippen molar-refractivity contribution < 1.29 is 14.4 Å². The summed E-state index contributed by atoms with van der Waals surface area (Å²) >= 11 is 0. The highest BCUT2D eigenvalue weighted by Gasteiger charge is 2.23. The van der Waals surface area contributed by atoms with E-state index in [0.29, 0.717) is 23.5 Å². The van der Waals surface area contributed by atoms with Crippen molar-refractivity contribution in [2.45, 2.75) is 70.8 Å². The van der Waals surface area contributed by atoms with Gasteiger partial charge >= 0.3 is 0 Å². The van der Waals surface area contributed by atoms with Gasteiger partial charge in [-0.15, -0.1) is 0 Å². The lowest BCUT2D eigenvalue weighted by molar-refractivity contribution is -0.121. The zero-order valence-corrected chi connectivity index (χ0v) is 19.6. The number of carbonyl (C=O) groups excluding carboxylic acids is 3. The molecule has 1 heterocycles. The van der Waals surface area contributed by atoms with Crippen molar-refractivity contribution in [2.75, 3.05) is 10.6 Å². The third-order valence-corrected chi connectivity index (χ3v) is 6.86. The molecule has 2 aromatic rings. The molecule has 3 amide bonds. The number of hydrogen-bond acceptors (Lipinski definition) is 4. The molecule has 1 aromatic heterocycles. The Hall–Kier alpha value is -3.22. The molecule has 0 saturated heterocycles. The van der Waals surface area contributed by atoms with Crippen molar-refractivity contribution >= 4 is 29.1 Å². The number of pyridine rings is 1. The van der Waals surface area contributed by atoms with Gasteiger partial charge in [0.15, 0.2) is 0 Å². The summed E-state index contributed by atoms with van der Waals surface area (Å²) in [5, 5.41) is 8.89. The molecule has 2 aliphatic rings. The van der Waals surface area contributed by atoms with Crippen molar-refractivity contribution in [2.24, 2.45) is 11.8 Å². The first-order valence-corrected chi connectivity index (χ1v) is 12.5. The smallest absolute Gasteiger partial charge is 0.251 e. The lowest BCUT2D eigenvalue weighted by Crippen LogP contribution is -2.27. The van der Waals surface area contributed by atoms with Gasteiger partial charge < -0.3 is 16.0 Å². The fraction of sp³-hybridized carbons (Fsp3) is 0.481. The lowest BCUT2D eigenvalue weighted by Gasteiger charge is -2.22. The fourth-order valence-electron chi connectivity index (χ4n) is 4.91. The maximum Gasteiger partial charge on any atom is 0.251 e. The third-order valence-electron chi connectivity index (χ3n) is 6.86. The number of nitrogens with zero attached hydrogens (tertiary/aromatic N) is 1. The van der Waals surface area contributed by atoms with Gasteiger partial charge in [-0.05, 0) is 55.5 Å². The first kappa shape index (κ1) is 23.9. The number of amides is 3. The number of aromatic nitrogens is 1. The van der Waals surface area contributed by atoms with Gasteiger partial charge in [0, 0.05) is 47.7 Å². The second-order valence-electron chi connectivity index (χ2n) is 9.49. The number of anilines is 2. The molecule has 7 nitrogen and oxygen atoms in total. The van der Waals surface area contributed by atoms with Gasteiger partial charge in [0.2, 0.25) is 11.8 Å². The van der Waals surface area contributed by atoms with Crippen LogP contribution in [0.25, 0.3) is 0 Å². The standard InChI is InChI=1S/C27H34N4O3/c32-25(29-18-19-8-7-13-28-17-19)22-14-23(30-26(33)20-9-3-1-4-10-20)16-24(15-22)31-27(34)21-11-5-2-6-12-21/h7-8,13-17,20-21H,1-6,9-12,18H2,(H,29,32)(H,30,33)(H,31,34). The van der Waals surface area contributed by atoms with E-state index >= 15 is 0 Å². The summed E-state index contributed by atoms with van der Waals surface area (Å²) in [7, 11) is 0. The van der Waals surface area contributed by atoms with Crippen LogP contribution in [-0.4, -0.2) is 22.7 Å². The van der Waals surface area contributed by atoms with Gasteiger partial charge in [-0.25, -0.2) is 0 Å². The van der Waals surface area contributed by atoms with Crippen LogP contribution in [0.4, 0.5) is 11.4 Å². The maximum atomic E-state index is 12.9. The minimum absolute atomic E-state index is 0.00269. The number of benzene rings is 1. The molecule has 180 valence electrons. The quantitative estimate of drug-likeness (QED) is 0.536. The third kappa shape index (κ3) is 6.65. The second kappa shape index (κ2) is 11.8. The van der Waals surface area contributed by atoms with E-state index in [1.54, 1.807) is 30.6 Å².